The van der Waals surface area contributed by atoms with E-state index < -0.39 is 17.5 Å². The molecule has 0 saturated carbocycles. The monoisotopic (exact) mass is 481 g/mol. The Morgan fingerprint density at radius 2 is 1.91 bits per heavy atom. The Morgan fingerprint density at radius 1 is 1.09 bits per heavy atom. The molecular formula is C23H14ClF2N5O3. The van der Waals surface area contributed by atoms with Crippen molar-refractivity contribution in [3.8, 4) is 17.1 Å². The van der Waals surface area contributed by atoms with E-state index in [9.17, 15) is 13.6 Å². The van der Waals surface area contributed by atoms with E-state index in [1.54, 1.807) is 30.3 Å². The molecule has 8 nitrogen and oxygen atoms in total. The number of furan rings is 1. The second kappa shape index (κ2) is 8.91. The summed E-state index contributed by atoms with van der Waals surface area (Å²) in [5.41, 5.74) is 1.82. The van der Waals surface area contributed by atoms with Crippen LogP contribution < -0.4 is 10.1 Å². The fourth-order valence-electron chi connectivity index (χ4n) is 3.31. The minimum absolute atomic E-state index is 0.0250. The van der Waals surface area contributed by atoms with Gasteiger partial charge in [-0.1, -0.05) is 17.7 Å². The van der Waals surface area contributed by atoms with Gasteiger partial charge in [-0.15, -0.1) is 5.10 Å². The SMILES string of the molecule is O=C(Nc1ccc(OCc2ccc(F)c(Cl)c2)cc1)c1coc2cc(-c3nnn[nH]3)c(F)cc12. The van der Waals surface area contributed by atoms with Crippen LogP contribution in [0, 0.1) is 11.6 Å². The van der Waals surface area contributed by atoms with E-state index in [2.05, 4.69) is 25.9 Å². The highest BCUT2D eigenvalue weighted by atomic mass is 35.5. The van der Waals surface area contributed by atoms with Crippen LogP contribution in [0.4, 0.5) is 14.5 Å². The molecule has 0 bridgehead atoms. The van der Waals surface area contributed by atoms with Gasteiger partial charge < -0.3 is 14.5 Å². The number of nitrogens with zero attached hydrogens (tertiary/aromatic N) is 3. The number of anilines is 1. The first kappa shape index (κ1) is 21.5. The number of carbonyl (C=O) groups excluding carboxylic acids is 1. The van der Waals surface area contributed by atoms with Crippen molar-refractivity contribution in [1.29, 1.82) is 0 Å². The number of rotatable bonds is 6. The van der Waals surface area contributed by atoms with Crippen molar-refractivity contribution in [2.45, 2.75) is 6.61 Å². The minimum atomic E-state index is -0.606. The summed E-state index contributed by atoms with van der Waals surface area (Å²) in [5, 5.41) is 16.1. The molecule has 0 unspecified atom stereocenters. The molecule has 3 aromatic carbocycles. The number of amides is 1. The summed E-state index contributed by atoms with van der Waals surface area (Å²) in [6, 6.07) is 13.6. The number of nitrogens with one attached hydrogen (secondary N) is 2. The van der Waals surface area contributed by atoms with Crippen LogP contribution in [0.25, 0.3) is 22.4 Å². The van der Waals surface area contributed by atoms with E-state index in [1.165, 1.54) is 30.5 Å². The standard InChI is InChI=1S/C23H14ClF2N5O3/c24-18-7-12(1-6-19(18)25)10-33-14-4-2-13(3-5-14)27-23(32)17-11-34-21-9-16(20(26)8-15(17)21)22-28-30-31-29-22/h1-9,11H,10H2,(H,27,32)(H,28,29,30,31). The van der Waals surface area contributed by atoms with Crippen LogP contribution in [-0.2, 0) is 6.61 Å². The van der Waals surface area contributed by atoms with Crippen molar-refractivity contribution in [1.82, 2.24) is 20.6 Å². The molecule has 0 aliphatic rings. The van der Waals surface area contributed by atoms with Gasteiger partial charge in [-0.25, -0.2) is 13.9 Å². The summed E-state index contributed by atoms with van der Waals surface area (Å²) in [7, 11) is 0. The maximum absolute atomic E-state index is 14.6. The molecule has 0 radical (unpaired) electrons. The Bertz CT molecular complexity index is 1490. The largest absolute Gasteiger partial charge is 0.489 e. The molecule has 2 aromatic heterocycles. The van der Waals surface area contributed by atoms with Gasteiger partial charge >= 0.3 is 0 Å². The third-order valence-electron chi connectivity index (χ3n) is 5.01. The van der Waals surface area contributed by atoms with Gasteiger partial charge in [0.2, 0.25) is 0 Å². The molecule has 1 amide bonds. The van der Waals surface area contributed by atoms with Crippen molar-refractivity contribution >= 4 is 34.2 Å². The van der Waals surface area contributed by atoms with E-state index in [0.29, 0.717) is 28.0 Å². The summed E-state index contributed by atoms with van der Waals surface area (Å²) in [5.74, 6) is -0.881. The predicted molar refractivity (Wildman–Crippen MR) is 119 cm³/mol. The molecule has 170 valence electrons. The van der Waals surface area contributed by atoms with Crippen molar-refractivity contribution in [3.05, 3.63) is 88.6 Å². The van der Waals surface area contributed by atoms with Crippen LogP contribution in [0.2, 0.25) is 5.02 Å². The molecule has 0 aliphatic heterocycles. The lowest BCUT2D eigenvalue weighted by atomic mass is 10.1. The van der Waals surface area contributed by atoms with E-state index in [4.69, 9.17) is 20.8 Å². The smallest absolute Gasteiger partial charge is 0.259 e. The van der Waals surface area contributed by atoms with Crippen molar-refractivity contribution in [3.63, 3.8) is 0 Å². The number of aromatic nitrogens is 4. The number of benzene rings is 3. The Kier molecular flexibility index (Phi) is 5.64. The summed E-state index contributed by atoms with van der Waals surface area (Å²) in [6.07, 6.45) is 1.26. The fraction of sp³-hybridized carbons (Fsp3) is 0.0435. The highest BCUT2D eigenvalue weighted by Gasteiger charge is 2.19. The number of H-pyrrole nitrogens is 1. The zero-order chi connectivity index (χ0) is 23.7. The van der Waals surface area contributed by atoms with Crippen LogP contribution in [0.5, 0.6) is 5.75 Å². The number of fused-ring (bicyclic) bond motifs is 1. The summed E-state index contributed by atoms with van der Waals surface area (Å²) < 4.78 is 39.0. The van der Waals surface area contributed by atoms with Gasteiger partial charge in [0.15, 0.2) is 5.82 Å². The van der Waals surface area contributed by atoms with Crippen LogP contribution in [0.15, 0.2) is 65.3 Å². The van der Waals surface area contributed by atoms with Crippen LogP contribution >= 0.6 is 11.6 Å². The highest BCUT2D eigenvalue weighted by Crippen LogP contribution is 2.29. The first-order chi connectivity index (χ1) is 16.5. The number of tetrazole rings is 1. The van der Waals surface area contributed by atoms with E-state index >= 15 is 0 Å². The van der Waals surface area contributed by atoms with Gasteiger partial charge in [-0.3, -0.25) is 4.79 Å². The first-order valence-corrected chi connectivity index (χ1v) is 10.3. The molecule has 2 heterocycles. The van der Waals surface area contributed by atoms with Crippen LogP contribution in [-0.4, -0.2) is 26.5 Å². The number of halogens is 3. The van der Waals surface area contributed by atoms with Gasteiger partial charge in [0, 0.05) is 11.1 Å². The zero-order valence-electron chi connectivity index (χ0n) is 17.2. The molecule has 0 aliphatic carbocycles. The fourth-order valence-corrected chi connectivity index (χ4v) is 3.51. The van der Waals surface area contributed by atoms with Crippen LogP contribution in [0.3, 0.4) is 0 Å². The third kappa shape index (κ3) is 4.30. The highest BCUT2D eigenvalue weighted by molar-refractivity contribution is 6.30. The van der Waals surface area contributed by atoms with Crippen molar-refractivity contribution < 1.29 is 22.7 Å². The van der Waals surface area contributed by atoms with Gasteiger partial charge in [-0.05, 0) is 64.5 Å². The Hall–Kier alpha value is -4.31. The number of hydrogen-bond donors (Lipinski definition) is 2. The normalized spacial score (nSPS) is 11.0. The third-order valence-corrected chi connectivity index (χ3v) is 5.30. The predicted octanol–water partition coefficient (Wildman–Crippen LogP) is 5.38. The molecule has 0 saturated heterocycles. The molecule has 11 heteroatoms. The Morgan fingerprint density at radius 3 is 2.65 bits per heavy atom. The maximum Gasteiger partial charge on any atom is 0.259 e. The second-order valence-corrected chi connectivity index (χ2v) is 7.65. The average Bonchev–Trinajstić information content (AvgIpc) is 3.50. The van der Waals surface area contributed by atoms with Gasteiger partial charge in [-0.2, -0.15) is 0 Å². The summed E-state index contributed by atoms with van der Waals surface area (Å²) >= 11 is 5.78. The lowest BCUT2D eigenvalue weighted by Crippen LogP contribution is -2.11. The van der Waals surface area contributed by atoms with Crippen molar-refractivity contribution in [2.75, 3.05) is 5.32 Å². The topological polar surface area (TPSA) is 106 Å². The second-order valence-electron chi connectivity index (χ2n) is 7.24. The van der Waals surface area contributed by atoms with Crippen LogP contribution in [0.1, 0.15) is 15.9 Å². The maximum atomic E-state index is 14.6. The lowest BCUT2D eigenvalue weighted by molar-refractivity contribution is 0.102. The molecule has 0 spiro atoms. The molecule has 0 atom stereocenters. The van der Waals surface area contributed by atoms with Gasteiger partial charge in [0.05, 0.1) is 16.1 Å². The van der Waals surface area contributed by atoms with E-state index in [1.807, 2.05) is 0 Å². The van der Waals surface area contributed by atoms with Gasteiger partial charge in [0.1, 0.15) is 35.8 Å². The van der Waals surface area contributed by atoms with Crippen molar-refractivity contribution in [2.24, 2.45) is 0 Å². The molecule has 2 N–H and O–H groups in total. The van der Waals surface area contributed by atoms with E-state index in [0.717, 1.165) is 0 Å². The Labute approximate surface area is 195 Å². The lowest BCUT2D eigenvalue weighted by Gasteiger charge is -2.09. The number of hydrogen-bond acceptors (Lipinski definition) is 6. The first-order valence-electron chi connectivity index (χ1n) is 9.91. The summed E-state index contributed by atoms with van der Waals surface area (Å²) in [4.78, 5) is 12.8. The molecule has 5 rings (SSSR count). The quantitative estimate of drug-likeness (QED) is 0.337. The van der Waals surface area contributed by atoms with E-state index in [-0.39, 0.29) is 28.6 Å². The minimum Gasteiger partial charge on any atom is -0.489 e. The zero-order valence-corrected chi connectivity index (χ0v) is 17.9. The Balaban J connectivity index is 1.27. The number of ether oxygens (including phenoxy) is 1. The molecular weight excluding hydrogens is 468 g/mol. The number of carbonyl (C=O) groups is 1. The molecule has 5 aromatic rings. The molecule has 34 heavy (non-hydrogen) atoms. The number of aromatic amines is 1. The molecule has 0 fully saturated rings. The average molecular weight is 482 g/mol. The van der Waals surface area contributed by atoms with Gasteiger partial charge in [0.25, 0.3) is 5.91 Å². The summed E-state index contributed by atoms with van der Waals surface area (Å²) in [6.45, 7) is 0.199.